The Morgan fingerprint density at radius 3 is 2.57 bits per heavy atom. The first kappa shape index (κ1) is 32.1. The average Bonchev–Trinajstić information content (AvgIpc) is 3.48. The van der Waals surface area contributed by atoms with Gasteiger partial charge in [-0.15, -0.1) is 0 Å². The molecule has 1 aromatic carbocycles. The average molecular weight is 578 g/mol. The van der Waals surface area contributed by atoms with E-state index in [0.29, 0.717) is 35.3 Å². The van der Waals surface area contributed by atoms with Crippen LogP contribution in [0.15, 0.2) is 48.1 Å². The van der Waals surface area contributed by atoms with Crippen molar-refractivity contribution in [3.63, 3.8) is 0 Å². The molecule has 12 nitrogen and oxygen atoms in total. The van der Waals surface area contributed by atoms with Gasteiger partial charge in [0, 0.05) is 45.0 Å². The van der Waals surface area contributed by atoms with Crippen LogP contribution in [0.3, 0.4) is 0 Å². The van der Waals surface area contributed by atoms with E-state index in [1.165, 1.54) is 11.0 Å². The summed E-state index contributed by atoms with van der Waals surface area (Å²) in [4.78, 5) is 46.5. The molecular formula is C30H43N9O3. The fourth-order valence-electron chi connectivity index (χ4n) is 4.41. The molecule has 2 N–H and O–H groups in total. The highest BCUT2D eigenvalue weighted by Gasteiger charge is 2.33. The summed E-state index contributed by atoms with van der Waals surface area (Å²) in [5, 5.41) is 6.08. The Kier molecular flexibility index (Phi) is 11.0. The van der Waals surface area contributed by atoms with Gasteiger partial charge in [0.15, 0.2) is 0 Å². The van der Waals surface area contributed by atoms with Crippen molar-refractivity contribution in [3.8, 4) is 5.75 Å². The number of carbonyl (C=O) groups excluding carboxylic acids is 2. The van der Waals surface area contributed by atoms with Crippen LogP contribution in [-0.2, 0) is 11.3 Å². The predicted octanol–water partition coefficient (Wildman–Crippen LogP) is 4.50. The molecule has 0 aliphatic carbocycles. The maximum absolute atomic E-state index is 13.2. The zero-order chi connectivity index (χ0) is 31.0. The molecule has 42 heavy (non-hydrogen) atoms. The standard InChI is InChI=1S/C28H37N9O3.C2H6/c1-8-19-10-11-24(30-19)37-17-18-16-29-27(33-26(18)36(6)28(37)39)32-21-14-20(31-25(38)9-2)22(15-23(21)40-7)35(5)13-12-34(3)4;1-2/h9-11,14-16,19H,2,8,12-13,17H2,1,3-7H3,(H,31,38)(H,29,32,33);1-2H3. The molecule has 0 saturated heterocycles. The van der Waals surface area contributed by atoms with Gasteiger partial charge in [-0.25, -0.2) is 9.78 Å². The summed E-state index contributed by atoms with van der Waals surface area (Å²) in [6.07, 6.45) is 7.69. The monoisotopic (exact) mass is 577 g/mol. The van der Waals surface area contributed by atoms with Crippen LogP contribution in [0.2, 0.25) is 0 Å². The fourth-order valence-corrected chi connectivity index (χ4v) is 4.41. The number of aliphatic imine (C=N–C) groups is 1. The van der Waals surface area contributed by atoms with Gasteiger partial charge in [0.2, 0.25) is 11.9 Å². The molecule has 3 amide bonds. The van der Waals surface area contributed by atoms with Crippen molar-refractivity contribution >= 4 is 46.6 Å². The quantitative estimate of drug-likeness (QED) is 0.397. The summed E-state index contributed by atoms with van der Waals surface area (Å²) < 4.78 is 5.68. The van der Waals surface area contributed by atoms with E-state index in [1.807, 2.05) is 58.1 Å². The summed E-state index contributed by atoms with van der Waals surface area (Å²) in [5.41, 5.74) is 2.71. The molecule has 0 bridgehead atoms. The molecule has 1 aromatic heterocycles. The zero-order valence-electron chi connectivity index (χ0n) is 25.9. The van der Waals surface area contributed by atoms with Crippen LogP contribution < -0.4 is 25.2 Å². The Hall–Kier alpha value is -4.45. The SMILES string of the molecule is C=CC(=O)Nc1cc(Nc2ncc3c(n2)N(C)C(=O)N(C2=NC(CC)C=C2)C3)c(OC)cc1N(C)CCN(C)C.CC. The Morgan fingerprint density at radius 2 is 1.95 bits per heavy atom. The van der Waals surface area contributed by atoms with E-state index in [0.717, 1.165) is 30.8 Å². The number of anilines is 5. The lowest BCUT2D eigenvalue weighted by molar-refractivity contribution is -0.111. The minimum absolute atomic E-state index is 0.0904. The molecule has 2 aromatic rings. The highest BCUT2D eigenvalue weighted by molar-refractivity contribution is 6.10. The molecule has 4 rings (SSSR count). The first-order valence-corrected chi connectivity index (χ1v) is 14.1. The second-order valence-corrected chi connectivity index (χ2v) is 9.91. The second kappa shape index (κ2) is 14.4. The molecule has 0 spiro atoms. The maximum Gasteiger partial charge on any atom is 0.331 e. The van der Waals surface area contributed by atoms with Crippen LogP contribution in [0.25, 0.3) is 0 Å². The van der Waals surface area contributed by atoms with Gasteiger partial charge < -0.3 is 25.2 Å². The first-order valence-electron chi connectivity index (χ1n) is 14.1. The minimum Gasteiger partial charge on any atom is -0.494 e. The molecule has 0 radical (unpaired) electrons. The lowest BCUT2D eigenvalue weighted by Crippen LogP contribution is -2.47. The minimum atomic E-state index is -0.333. The van der Waals surface area contributed by atoms with Gasteiger partial charge in [-0.05, 0) is 38.7 Å². The predicted molar refractivity (Wildman–Crippen MR) is 170 cm³/mol. The van der Waals surface area contributed by atoms with E-state index in [9.17, 15) is 9.59 Å². The number of amides is 3. The number of rotatable bonds is 10. The fraction of sp³-hybridized carbons (Fsp3) is 0.433. The third-order valence-corrected chi connectivity index (χ3v) is 6.77. The summed E-state index contributed by atoms with van der Waals surface area (Å²) in [5.74, 6) is 1.64. The first-order chi connectivity index (χ1) is 20.1. The molecule has 2 aliphatic rings. The molecule has 3 heterocycles. The summed E-state index contributed by atoms with van der Waals surface area (Å²) in [7, 11) is 9.22. The van der Waals surface area contributed by atoms with Crippen LogP contribution >= 0.6 is 0 Å². The van der Waals surface area contributed by atoms with Gasteiger partial charge in [0.1, 0.15) is 17.4 Å². The molecule has 1 atom stereocenters. The number of methoxy groups -OCH3 is 1. The normalized spacial score (nSPS) is 15.5. The highest BCUT2D eigenvalue weighted by Crippen LogP contribution is 2.38. The van der Waals surface area contributed by atoms with Gasteiger partial charge in [-0.2, -0.15) is 4.98 Å². The highest BCUT2D eigenvalue weighted by atomic mass is 16.5. The number of benzene rings is 1. The molecule has 226 valence electrons. The van der Waals surface area contributed by atoms with Crippen molar-refractivity contribution in [3.05, 3.63) is 48.7 Å². The molecule has 0 saturated carbocycles. The van der Waals surface area contributed by atoms with Gasteiger partial charge >= 0.3 is 6.03 Å². The zero-order valence-corrected chi connectivity index (χ0v) is 25.9. The summed E-state index contributed by atoms with van der Waals surface area (Å²) >= 11 is 0. The van der Waals surface area contributed by atoms with E-state index >= 15 is 0 Å². The largest absolute Gasteiger partial charge is 0.494 e. The number of nitrogens with zero attached hydrogens (tertiary/aromatic N) is 7. The Bertz CT molecular complexity index is 1360. The van der Waals surface area contributed by atoms with E-state index < -0.39 is 0 Å². The Balaban J connectivity index is 0.00000237. The lowest BCUT2D eigenvalue weighted by Gasteiger charge is -2.33. The second-order valence-electron chi connectivity index (χ2n) is 9.91. The smallest absolute Gasteiger partial charge is 0.331 e. The third-order valence-electron chi connectivity index (χ3n) is 6.77. The number of carbonyl (C=O) groups is 2. The summed E-state index contributed by atoms with van der Waals surface area (Å²) in [6, 6.07) is 3.50. The number of ether oxygens (including phenoxy) is 1. The number of hydrogen-bond acceptors (Lipinski definition) is 9. The molecule has 12 heteroatoms. The van der Waals surface area contributed by atoms with Crippen LogP contribution in [-0.4, -0.2) is 92.0 Å². The van der Waals surface area contributed by atoms with Crippen molar-refractivity contribution in [2.24, 2.45) is 4.99 Å². The van der Waals surface area contributed by atoms with Gasteiger partial charge in [-0.3, -0.25) is 19.6 Å². The van der Waals surface area contributed by atoms with Crippen molar-refractivity contribution in [1.29, 1.82) is 0 Å². The van der Waals surface area contributed by atoms with Crippen LogP contribution in [0.5, 0.6) is 5.75 Å². The van der Waals surface area contributed by atoms with Crippen molar-refractivity contribution in [2.75, 3.05) is 68.8 Å². The number of nitrogens with one attached hydrogen (secondary N) is 2. The molecule has 1 unspecified atom stereocenters. The van der Waals surface area contributed by atoms with Crippen LogP contribution in [0, 0.1) is 0 Å². The summed E-state index contributed by atoms with van der Waals surface area (Å²) in [6.45, 7) is 11.5. The third kappa shape index (κ3) is 7.24. The number of amidine groups is 1. The number of aromatic nitrogens is 2. The Labute approximate surface area is 248 Å². The number of fused-ring (bicyclic) bond motifs is 1. The van der Waals surface area contributed by atoms with Gasteiger partial charge in [0.25, 0.3) is 0 Å². The van der Waals surface area contributed by atoms with Crippen LogP contribution in [0.4, 0.5) is 33.6 Å². The van der Waals surface area contributed by atoms with Crippen molar-refractivity contribution in [1.82, 2.24) is 19.8 Å². The van der Waals surface area contributed by atoms with E-state index in [4.69, 9.17) is 4.74 Å². The Morgan fingerprint density at radius 1 is 1.21 bits per heavy atom. The van der Waals surface area contributed by atoms with E-state index in [2.05, 4.69) is 44.0 Å². The number of urea groups is 1. The number of hydrogen-bond donors (Lipinski definition) is 2. The van der Waals surface area contributed by atoms with E-state index in [1.54, 1.807) is 31.3 Å². The molecule has 2 aliphatic heterocycles. The molecular weight excluding hydrogens is 534 g/mol. The number of likely N-dealkylation sites (N-methyl/N-ethyl adjacent to an activating group) is 2. The van der Waals surface area contributed by atoms with Crippen molar-refractivity contribution in [2.45, 2.75) is 39.8 Å². The van der Waals surface area contributed by atoms with E-state index in [-0.39, 0.29) is 23.9 Å². The van der Waals surface area contributed by atoms with Crippen molar-refractivity contribution < 1.29 is 14.3 Å². The molecule has 0 fully saturated rings. The van der Waals surface area contributed by atoms with Crippen LogP contribution in [0.1, 0.15) is 32.8 Å². The lowest BCUT2D eigenvalue weighted by atomic mass is 10.2. The topological polar surface area (TPSA) is 119 Å². The maximum atomic E-state index is 13.2. The van der Waals surface area contributed by atoms with Gasteiger partial charge in [-0.1, -0.05) is 33.4 Å². The van der Waals surface area contributed by atoms with Gasteiger partial charge in [0.05, 0.1) is 36.8 Å².